The first-order valence-corrected chi connectivity index (χ1v) is 9.98. The van der Waals surface area contributed by atoms with E-state index in [0.29, 0.717) is 12.2 Å². The van der Waals surface area contributed by atoms with Gasteiger partial charge in [-0.15, -0.1) is 0 Å². The predicted molar refractivity (Wildman–Crippen MR) is 114 cm³/mol. The van der Waals surface area contributed by atoms with Gasteiger partial charge in [-0.2, -0.15) is 0 Å². The summed E-state index contributed by atoms with van der Waals surface area (Å²) in [5.41, 5.74) is 0.700. The monoisotopic (exact) mass is 397 g/mol. The molecule has 3 aromatic rings. The number of benzene rings is 2. The number of hydrogen-bond acceptors (Lipinski definition) is 6. The molecule has 0 spiro atoms. The molecule has 0 atom stereocenters. The van der Waals surface area contributed by atoms with Crippen molar-refractivity contribution in [2.24, 2.45) is 0 Å². The molecule has 154 valence electrons. The smallest absolute Gasteiger partial charge is 0.297 e. The zero-order chi connectivity index (χ0) is 20.8. The third-order valence-electron chi connectivity index (χ3n) is 5.02. The molecule has 1 aromatic heterocycles. The Bertz CT molecular complexity index is 1010. The van der Waals surface area contributed by atoms with E-state index in [-0.39, 0.29) is 39.4 Å². The molecule has 0 unspecified atom stereocenters. The first kappa shape index (κ1) is 20.7. The minimum absolute atomic E-state index is 0.0978. The molecule has 2 N–H and O–H groups in total. The van der Waals surface area contributed by atoms with Crippen molar-refractivity contribution in [2.45, 2.75) is 26.7 Å². The van der Waals surface area contributed by atoms with Crippen molar-refractivity contribution in [3.63, 3.8) is 0 Å². The van der Waals surface area contributed by atoms with Crippen molar-refractivity contribution >= 4 is 11.0 Å². The molecule has 6 heteroatoms. The van der Waals surface area contributed by atoms with E-state index >= 15 is 0 Å². The van der Waals surface area contributed by atoms with E-state index in [9.17, 15) is 15.0 Å². The lowest BCUT2D eigenvalue weighted by atomic mass is 10.0. The Morgan fingerprint density at radius 1 is 1.00 bits per heavy atom. The van der Waals surface area contributed by atoms with Gasteiger partial charge in [0.2, 0.25) is 5.43 Å². The standard InChI is InChI=1S/C23H27NO5/c1-3-24(4-2)14-5-6-15-28-23-20(16-10-12-17(25)13-11-16)22(27)21-18(26)8-7-9-19(21)29-23/h7-13,25-26H,3-6,14-15H2,1-2H3. The van der Waals surface area contributed by atoms with Crippen molar-refractivity contribution < 1.29 is 19.4 Å². The molecule has 0 amide bonds. The van der Waals surface area contributed by atoms with Crippen molar-refractivity contribution in [3.05, 3.63) is 52.7 Å². The van der Waals surface area contributed by atoms with Gasteiger partial charge in [0.15, 0.2) is 0 Å². The van der Waals surface area contributed by atoms with Crippen LogP contribution in [0.25, 0.3) is 22.1 Å². The number of aromatic hydroxyl groups is 2. The van der Waals surface area contributed by atoms with Crippen molar-refractivity contribution in [3.8, 4) is 28.6 Å². The highest BCUT2D eigenvalue weighted by molar-refractivity contribution is 5.88. The molecular formula is C23H27NO5. The summed E-state index contributed by atoms with van der Waals surface area (Å²) in [7, 11) is 0. The molecule has 3 rings (SSSR count). The highest BCUT2D eigenvalue weighted by Crippen LogP contribution is 2.33. The summed E-state index contributed by atoms with van der Waals surface area (Å²) in [6.07, 6.45) is 1.81. The maximum absolute atomic E-state index is 13.1. The molecule has 0 aliphatic rings. The van der Waals surface area contributed by atoms with Crippen molar-refractivity contribution in [2.75, 3.05) is 26.2 Å². The number of fused-ring (bicyclic) bond motifs is 1. The fourth-order valence-electron chi connectivity index (χ4n) is 3.32. The Labute approximate surface area is 170 Å². The Morgan fingerprint density at radius 3 is 2.41 bits per heavy atom. The van der Waals surface area contributed by atoms with E-state index < -0.39 is 0 Å². The van der Waals surface area contributed by atoms with Gasteiger partial charge in [0, 0.05) is 0 Å². The normalized spacial score (nSPS) is 11.3. The van der Waals surface area contributed by atoms with Crippen LogP contribution in [0, 0.1) is 0 Å². The number of ether oxygens (including phenoxy) is 1. The van der Waals surface area contributed by atoms with Gasteiger partial charge in [-0.25, -0.2) is 0 Å². The quantitative estimate of drug-likeness (QED) is 0.522. The van der Waals surface area contributed by atoms with Crippen LogP contribution in [0.2, 0.25) is 0 Å². The van der Waals surface area contributed by atoms with Gasteiger partial charge in [0.1, 0.15) is 28.0 Å². The summed E-state index contributed by atoms with van der Waals surface area (Å²) in [5.74, 6) is 0.0873. The van der Waals surface area contributed by atoms with Gasteiger partial charge in [0.05, 0.1) is 6.61 Å². The van der Waals surface area contributed by atoms with Crippen LogP contribution in [0.3, 0.4) is 0 Å². The SMILES string of the molecule is CCN(CC)CCCCOc1oc2cccc(O)c2c(=O)c1-c1ccc(O)cc1. The molecule has 0 bridgehead atoms. The van der Waals surface area contributed by atoms with Crippen LogP contribution in [0.1, 0.15) is 26.7 Å². The summed E-state index contributed by atoms with van der Waals surface area (Å²) in [6.45, 7) is 7.74. The Balaban J connectivity index is 1.90. The minimum Gasteiger partial charge on any atom is -0.508 e. The summed E-state index contributed by atoms with van der Waals surface area (Å²) in [5, 5.41) is 19.8. The first-order chi connectivity index (χ1) is 14.0. The molecule has 0 aliphatic heterocycles. The number of unbranched alkanes of at least 4 members (excludes halogenated alkanes) is 1. The van der Waals surface area contributed by atoms with Gasteiger partial charge in [0.25, 0.3) is 5.95 Å². The number of hydrogen-bond donors (Lipinski definition) is 2. The van der Waals surface area contributed by atoms with E-state index in [0.717, 1.165) is 32.5 Å². The molecule has 29 heavy (non-hydrogen) atoms. The molecule has 0 fully saturated rings. The van der Waals surface area contributed by atoms with Crippen LogP contribution in [-0.4, -0.2) is 41.4 Å². The van der Waals surface area contributed by atoms with Gasteiger partial charge >= 0.3 is 0 Å². The summed E-state index contributed by atoms with van der Waals surface area (Å²) >= 11 is 0. The molecule has 0 radical (unpaired) electrons. The average Bonchev–Trinajstić information content (AvgIpc) is 2.72. The molecular weight excluding hydrogens is 370 g/mol. The topological polar surface area (TPSA) is 83.1 Å². The number of nitrogens with zero attached hydrogens (tertiary/aromatic N) is 1. The fraction of sp³-hybridized carbons (Fsp3) is 0.348. The molecule has 0 aliphatic carbocycles. The maximum atomic E-state index is 13.1. The number of rotatable bonds is 9. The van der Waals surface area contributed by atoms with Crippen LogP contribution in [-0.2, 0) is 0 Å². The van der Waals surface area contributed by atoms with Crippen LogP contribution in [0.15, 0.2) is 51.7 Å². The molecule has 0 saturated carbocycles. The highest BCUT2D eigenvalue weighted by Gasteiger charge is 2.20. The second kappa shape index (κ2) is 9.47. The van der Waals surface area contributed by atoms with Gasteiger partial charge < -0.3 is 24.3 Å². The highest BCUT2D eigenvalue weighted by atomic mass is 16.6. The van der Waals surface area contributed by atoms with Crippen molar-refractivity contribution in [1.82, 2.24) is 4.90 Å². The minimum atomic E-state index is -0.367. The Hall–Kier alpha value is -2.99. The Morgan fingerprint density at radius 2 is 1.72 bits per heavy atom. The van der Waals surface area contributed by atoms with E-state index in [2.05, 4.69) is 18.7 Å². The third kappa shape index (κ3) is 4.71. The fourth-order valence-corrected chi connectivity index (χ4v) is 3.32. The lowest BCUT2D eigenvalue weighted by Crippen LogP contribution is -2.24. The van der Waals surface area contributed by atoms with Crippen LogP contribution < -0.4 is 10.2 Å². The zero-order valence-electron chi connectivity index (χ0n) is 16.9. The van der Waals surface area contributed by atoms with E-state index in [4.69, 9.17) is 9.15 Å². The van der Waals surface area contributed by atoms with E-state index in [1.165, 1.54) is 18.2 Å². The molecule has 1 heterocycles. The lowest BCUT2D eigenvalue weighted by molar-refractivity contribution is 0.228. The van der Waals surface area contributed by atoms with E-state index in [1.54, 1.807) is 24.3 Å². The van der Waals surface area contributed by atoms with Crippen LogP contribution >= 0.6 is 0 Å². The van der Waals surface area contributed by atoms with Gasteiger partial charge in [-0.1, -0.05) is 32.0 Å². The first-order valence-electron chi connectivity index (χ1n) is 9.98. The Kier molecular flexibility index (Phi) is 6.77. The maximum Gasteiger partial charge on any atom is 0.297 e. The molecule has 0 saturated heterocycles. The number of phenolic OH excluding ortho intramolecular Hbond substituents is 2. The van der Waals surface area contributed by atoms with E-state index in [1.807, 2.05) is 0 Å². The zero-order valence-corrected chi connectivity index (χ0v) is 16.9. The summed E-state index contributed by atoms with van der Waals surface area (Å²) in [4.78, 5) is 15.5. The third-order valence-corrected chi connectivity index (χ3v) is 5.02. The number of phenols is 2. The second-order valence-corrected chi connectivity index (χ2v) is 6.87. The van der Waals surface area contributed by atoms with Gasteiger partial charge in [-0.05, 0) is 62.3 Å². The summed E-state index contributed by atoms with van der Waals surface area (Å²) in [6, 6.07) is 10.9. The van der Waals surface area contributed by atoms with Crippen LogP contribution in [0.4, 0.5) is 0 Å². The molecule has 2 aromatic carbocycles. The van der Waals surface area contributed by atoms with Crippen LogP contribution in [0.5, 0.6) is 17.4 Å². The van der Waals surface area contributed by atoms with Crippen molar-refractivity contribution in [1.29, 1.82) is 0 Å². The predicted octanol–water partition coefficient (Wildman–Crippen LogP) is 4.37. The largest absolute Gasteiger partial charge is 0.508 e. The second-order valence-electron chi connectivity index (χ2n) is 6.87. The average molecular weight is 397 g/mol. The lowest BCUT2D eigenvalue weighted by Gasteiger charge is -2.17. The summed E-state index contributed by atoms with van der Waals surface area (Å²) < 4.78 is 11.7. The molecule has 6 nitrogen and oxygen atoms in total. The van der Waals surface area contributed by atoms with Gasteiger partial charge in [-0.3, -0.25) is 4.79 Å².